The molecule has 0 fully saturated rings. The number of hydrogen-bond acceptors (Lipinski definition) is 2. The van der Waals surface area contributed by atoms with Crippen molar-refractivity contribution in [1.82, 2.24) is 0 Å². The van der Waals surface area contributed by atoms with Crippen molar-refractivity contribution in [3.63, 3.8) is 0 Å². The minimum atomic E-state index is -0.279. The van der Waals surface area contributed by atoms with Crippen LogP contribution in [0.25, 0.3) is 0 Å². The zero-order valence-corrected chi connectivity index (χ0v) is 11.4. The Labute approximate surface area is 117 Å². The molecule has 0 heterocycles. The third-order valence-corrected chi connectivity index (χ3v) is 3.52. The van der Waals surface area contributed by atoms with Crippen molar-refractivity contribution in [2.75, 3.05) is 11.9 Å². The summed E-state index contributed by atoms with van der Waals surface area (Å²) in [6, 6.07) is 11.9. The third-order valence-electron chi connectivity index (χ3n) is 3.11. The minimum absolute atomic E-state index is 0.259. The van der Waals surface area contributed by atoms with Gasteiger partial charge in [-0.2, -0.15) is 0 Å². The number of benzene rings is 2. The van der Waals surface area contributed by atoms with E-state index in [9.17, 15) is 4.39 Å². The summed E-state index contributed by atoms with van der Waals surface area (Å²) < 4.78 is 13.8. The molecule has 3 N–H and O–H groups in total. The normalized spacial score (nSPS) is 12.2. The van der Waals surface area contributed by atoms with Gasteiger partial charge in [-0.3, -0.25) is 0 Å². The van der Waals surface area contributed by atoms with Crippen LogP contribution in [0.15, 0.2) is 42.5 Å². The molecule has 0 saturated carbocycles. The molecule has 0 radical (unpaired) electrons. The molecule has 2 rings (SSSR count). The molecule has 1 unspecified atom stereocenters. The van der Waals surface area contributed by atoms with Gasteiger partial charge in [0, 0.05) is 22.8 Å². The summed E-state index contributed by atoms with van der Waals surface area (Å²) >= 11 is 6.07. The van der Waals surface area contributed by atoms with E-state index in [1.54, 1.807) is 18.2 Å². The Kier molecular flexibility index (Phi) is 4.40. The van der Waals surface area contributed by atoms with Gasteiger partial charge in [0.05, 0.1) is 6.04 Å². The molecule has 0 aliphatic heterocycles. The zero-order valence-electron chi connectivity index (χ0n) is 10.7. The molecule has 0 spiro atoms. The fraction of sp³-hybridized carbons (Fsp3) is 0.200. The van der Waals surface area contributed by atoms with Crippen molar-refractivity contribution in [3.8, 4) is 0 Å². The molecule has 1 atom stereocenters. The second-order valence-electron chi connectivity index (χ2n) is 4.37. The van der Waals surface area contributed by atoms with E-state index in [4.69, 9.17) is 17.3 Å². The van der Waals surface area contributed by atoms with E-state index in [2.05, 4.69) is 5.32 Å². The van der Waals surface area contributed by atoms with E-state index in [1.807, 2.05) is 25.1 Å². The lowest BCUT2D eigenvalue weighted by Gasteiger charge is -2.21. The topological polar surface area (TPSA) is 38.0 Å². The standard InChI is InChI=1S/C15H16ClFN2/c1-10-12(16)6-4-8-14(10)19-15(9-18)11-5-2-3-7-13(11)17/h2-8,15,19H,9,18H2,1H3. The van der Waals surface area contributed by atoms with Gasteiger partial charge in [0.1, 0.15) is 5.82 Å². The van der Waals surface area contributed by atoms with Gasteiger partial charge in [-0.15, -0.1) is 0 Å². The molecule has 2 nitrogen and oxygen atoms in total. The molecule has 2 aromatic rings. The maximum absolute atomic E-state index is 13.8. The fourth-order valence-corrected chi connectivity index (χ4v) is 2.15. The highest BCUT2D eigenvalue weighted by Crippen LogP contribution is 2.27. The van der Waals surface area contributed by atoms with Crippen LogP contribution in [0.5, 0.6) is 0 Å². The third kappa shape index (κ3) is 3.06. The maximum Gasteiger partial charge on any atom is 0.128 e. The van der Waals surface area contributed by atoms with Crippen molar-refractivity contribution in [2.45, 2.75) is 13.0 Å². The Hall–Kier alpha value is -1.58. The molecule has 4 heteroatoms. The fourth-order valence-electron chi connectivity index (χ4n) is 1.97. The van der Waals surface area contributed by atoms with E-state index in [-0.39, 0.29) is 11.9 Å². The first kappa shape index (κ1) is 13.8. The number of nitrogens with one attached hydrogen (secondary N) is 1. The molecule has 0 amide bonds. The van der Waals surface area contributed by atoms with Gasteiger partial charge < -0.3 is 11.1 Å². The molecule has 0 aromatic heterocycles. The van der Waals surface area contributed by atoms with Crippen LogP contribution in [0.2, 0.25) is 5.02 Å². The summed E-state index contributed by atoms with van der Waals surface area (Å²) in [7, 11) is 0. The molecule has 0 bridgehead atoms. The highest BCUT2D eigenvalue weighted by molar-refractivity contribution is 6.31. The van der Waals surface area contributed by atoms with Gasteiger partial charge in [0.25, 0.3) is 0 Å². The van der Waals surface area contributed by atoms with Crippen molar-refractivity contribution in [2.24, 2.45) is 5.73 Å². The van der Waals surface area contributed by atoms with E-state index >= 15 is 0 Å². The van der Waals surface area contributed by atoms with Crippen LogP contribution in [-0.2, 0) is 0 Å². The highest BCUT2D eigenvalue weighted by Gasteiger charge is 2.14. The van der Waals surface area contributed by atoms with Crippen LogP contribution in [-0.4, -0.2) is 6.54 Å². The second kappa shape index (κ2) is 6.04. The number of hydrogen-bond donors (Lipinski definition) is 2. The second-order valence-corrected chi connectivity index (χ2v) is 4.77. The van der Waals surface area contributed by atoms with Gasteiger partial charge in [-0.05, 0) is 30.7 Å². The van der Waals surface area contributed by atoms with Gasteiger partial charge >= 0.3 is 0 Å². The number of anilines is 1. The summed E-state index contributed by atoms with van der Waals surface area (Å²) in [5, 5.41) is 3.92. The molecular formula is C15H16ClFN2. The molecule has 19 heavy (non-hydrogen) atoms. The SMILES string of the molecule is Cc1c(Cl)cccc1NC(CN)c1ccccc1F. The summed E-state index contributed by atoms with van der Waals surface area (Å²) in [6.07, 6.45) is 0. The average molecular weight is 279 g/mol. The van der Waals surface area contributed by atoms with Crippen LogP contribution in [0.4, 0.5) is 10.1 Å². The monoisotopic (exact) mass is 278 g/mol. The smallest absolute Gasteiger partial charge is 0.128 e. The molecule has 0 aliphatic rings. The minimum Gasteiger partial charge on any atom is -0.377 e. The number of rotatable bonds is 4. The molecular weight excluding hydrogens is 263 g/mol. The van der Waals surface area contributed by atoms with Crippen molar-refractivity contribution in [1.29, 1.82) is 0 Å². The van der Waals surface area contributed by atoms with E-state index in [0.29, 0.717) is 17.1 Å². The Balaban J connectivity index is 2.30. The van der Waals surface area contributed by atoms with Crippen LogP contribution < -0.4 is 11.1 Å². The first-order valence-electron chi connectivity index (χ1n) is 6.09. The first-order chi connectivity index (χ1) is 9.13. The Morgan fingerprint density at radius 3 is 2.63 bits per heavy atom. The lowest BCUT2D eigenvalue weighted by Crippen LogP contribution is -2.22. The predicted molar refractivity (Wildman–Crippen MR) is 78.0 cm³/mol. The van der Waals surface area contributed by atoms with Crippen molar-refractivity contribution < 1.29 is 4.39 Å². The van der Waals surface area contributed by atoms with Gasteiger partial charge in [0.2, 0.25) is 0 Å². The lowest BCUT2D eigenvalue weighted by molar-refractivity contribution is 0.593. The summed E-state index contributed by atoms with van der Waals surface area (Å²) in [4.78, 5) is 0. The number of nitrogens with two attached hydrogens (primary N) is 1. The van der Waals surface area contributed by atoms with E-state index < -0.39 is 0 Å². The molecule has 2 aromatic carbocycles. The maximum atomic E-state index is 13.8. The quantitative estimate of drug-likeness (QED) is 0.890. The van der Waals surface area contributed by atoms with Crippen LogP contribution in [0.3, 0.4) is 0 Å². The van der Waals surface area contributed by atoms with Crippen molar-refractivity contribution in [3.05, 3.63) is 64.4 Å². The van der Waals surface area contributed by atoms with Crippen LogP contribution in [0, 0.1) is 12.7 Å². The number of halogens is 2. The molecule has 0 aliphatic carbocycles. The van der Waals surface area contributed by atoms with Gasteiger partial charge in [0.15, 0.2) is 0 Å². The zero-order chi connectivity index (χ0) is 13.8. The average Bonchev–Trinajstić information content (AvgIpc) is 2.41. The van der Waals surface area contributed by atoms with Crippen molar-refractivity contribution >= 4 is 17.3 Å². The summed E-state index contributed by atoms with van der Waals surface area (Å²) in [5.41, 5.74) is 8.10. The largest absolute Gasteiger partial charge is 0.377 e. The first-order valence-corrected chi connectivity index (χ1v) is 6.47. The summed E-state index contributed by atoms with van der Waals surface area (Å²) in [5.74, 6) is -0.259. The Morgan fingerprint density at radius 2 is 1.95 bits per heavy atom. The Bertz CT molecular complexity index is 572. The van der Waals surface area contributed by atoms with E-state index in [1.165, 1.54) is 6.07 Å². The van der Waals surface area contributed by atoms with Crippen LogP contribution in [0.1, 0.15) is 17.2 Å². The lowest BCUT2D eigenvalue weighted by atomic mass is 10.1. The van der Waals surface area contributed by atoms with Gasteiger partial charge in [-0.1, -0.05) is 35.9 Å². The van der Waals surface area contributed by atoms with Gasteiger partial charge in [-0.25, -0.2) is 4.39 Å². The summed E-state index contributed by atoms with van der Waals surface area (Å²) in [6.45, 7) is 2.21. The van der Waals surface area contributed by atoms with E-state index in [0.717, 1.165) is 11.3 Å². The molecule has 0 saturated heterocycles. The van der Waals surface area contributed by atoms with Crippen LogP contribution >= 0.6 is 11.6 Å². The predicted octanol–water partition coefficient (Wildman–Crippen LogP) is 3.90. The molecule has 100 valence electrons. The Morgan fingerprint density at radius 1 is 1.21 bits per heavy atom. The highest BCUT2D eigenvalue weighted by atomic mass is 35.5.